The number of likely N-dealkylation sites (tertiary alicyclic amines) is 3. The van der Waals surface area contributed by atoms with Crippen LogP contribution in [0.4, 0.5) is 23.7 Å². The lowest BCUT2D eigenvalue weighted by Gasteiger charge is -2.40. The van der Waals surface area contributed by atoms with Gasteiger partial charge in [-0.3, -0.25) is 19.4 Å². The van der Waals surface area contributed by atoms with Gasteiger partial charge in [-0.05, 0) is 93.2 Å². The van der Waals surface area contributed by atoms with E-state index in [-0.39, 0.29) is 66.2 Å². The maximum atomic E-state index is 14.2. The van der Waals surface area contributed by atoms with Crippen LogP contribution >= 0.6 is 11.6 Å². The molecule has 3 N–H and O–H groups in total. The molecule has 4 fully saturated rings. The molecule has 4 aliphatic rings. The summed E-state index contributed by atoms with van der Waals surface area (Å²) >= 11 is 6.14. The third-order valence-corrected chi connectivity index (χ3v) is 13.2. The van der Waals surface area contributed by atoms with Gasteiger partial charge >= 0.3 is 23.9 Å². The number of halogens is 4. The molecule has 330 valence electrons. The van der Waals surface area contributed by atoms with Crippen LogP contribution in [0.1, 0.15) is 87.8 Å². The van der Waals surface area contributed by atoms with Crippen molar-refractivity contribution in [1.29, 1.82) is 0 Å². The molecule has 3 amide bonds. The van der Waals surface area contributed by atoms with Crippen LogP contribution in [-0.2, 0) is 36.5 Å². The molecular weight excluding hydrogens is 819 g/mol. The molecule has 3 aliphatic heterocycles. The maximum absolute atomic E-state index is 14.2. The van der Waals surface area contributed by atoms with Crippen LogP contribution in [0.25, 0.3) is 11.4 Å². The van der Waals surface area contributed by atoms with Crippen molar-refractivity contribution in [1.82, 2.24) is 29.5 Å². The second kappa shape index (κ2) is 19.3. The number of rotatable bonds is 12. The van der Waals surface area contributed by atoms with Crippen LogP contribution < -0.4 is 11.4 Å². The van der Waals surface area contributed by atoms with E-state index in [1.165, 1.54) is 15.6 Å². The number of carbonyl (C=O) groups is 4. The zero-order valence-electron chi connectivity index (χ0n) is 34.0. The predicted octanol–water partition coefficient (Wildman–Crippen LogP) is 6.48. The summed E-state index contributed by atoms with van der Waals surface area (Å²) in [5, 5.41) is 4.17. The molecule has 1 atom stereocenters. The van der Waals surface area contributed by atoms with Crippen LogP contribution in [0, 0.1) is 17.8 Å². The zero-order chi connectivity index (χ0) is 43.3. The van der Waals surface area contributed by atoms with Gasteiger partial charge in [0.1, 0.15) is 6.61 Å². The van der Waals surface area contributed by atoms with E-state index in [9.17, 15) is 37.1 Å². The number of ether oxygens (including phenoxy) is 2. The lowest BCUT2D eigenvalue weighted by Crippen LogP contribution is -2.49. The van der Waals surface area contributed by atoms with Gasteiger partial charge in [-0.2, -0.15) is 13.2 Å². The van der Waals surface area contributed by atoms with Gasteiger partial charge in [0.2, 0.25) is 5.91 Å². The van der Waals surface area contributed by atoms with Gasteiger partial charge in [-0.25, -0.2) is 14.3 Å². The Morgan fingerprint density at radius 3 is 2.23 bits per heavy atom. The number of H-pyrrole nitrogens is 1. The third kappa shape index (κ3) is 10.9. The SMILES string of the molecule is Nc1c(Cl)cc(C[C@@H](OC(=O)N2CCC(n3nc(-c4ccccc4)[nH]c3=O)CC2)C(=O)N2CCC(C3CCC(CC(=O)OCCN4CCCC4=O)CC3)CC2)cc1C(F)(F)F. The summed E-state index contributed by atoms with van der Waals surface area (Å²) in [6.07, 6.45) is 0.296. The minimum atomic E-state index is -4.80. The van der Waals surface area contributed by atoms with E-state index in [1.54, 1.807) is 9.80 Å². The van der Waals surface area contributed by atoms with Crippen molar-refractivity contribution >= 4 is 41.2 Å². The van der Waals surface area contributed by atoms with E-state index in [2.05, 4.69) is 10.1 Å². The quantitative estimate of drug-likeness (QED) is 0.153. The van der Waals surface area contributed by atoms with Crippen LogP contribution in [0.2, 0.25) is 5.02 Å². The molecule has 0 radical (unpaired) electrons. The molecule has 1 saturated carbocycles. The molecule has 0 spiro atoms. The molecule has 14 nitrogen and oxygen atoms in total. The van der Waals surface area contributed by atoms with Crippen LogP contribution in [0.15, 0.2) is 47.3 Å². The average molecular weight is 872 g/mol. The number of carbonyl (C=O) groups excluding carboxylic acids is 4. The standard InChI is InChI=1S/C43H53ClF3N7O7/c44-34-24-28(23-33(38(34)48)43(45,46)47)25-35(61-42(59)53-19-14-32(15-20-53)54-41(58)49-39(50-54)31-5-2-1-3-6-31)40(57)52-17-12-30(13-18-52)29-10-8-27(9-11-29)26-37(56)60-22-21-51-16-4-7-36(51)55/h1-3,5-6,23-24,27,29-30,32,35H,4,7-22,25-26,48H2,(H,49,50,58)/t27?,29?,35-/m1/s1. The number of nitrogens with two attached hydrogens (primary N) is 1. The highest BCUT2D eigenvalue weighted by molar-refractivity contribution is 6.33. The van der Waals surface area contributed by atoms with E-state index >= 15 is 0 Å². The summed E-state index contributed by atoms with van der Waals surface area (Å²) in [7, 11) is 0. The number of aromatic nitrogens is 3. The van der Waals surface area contributed by atoms with Gasteiger partial charge in [0, 0.05) is 57.5 Å². The van der Waals surface area contributed by atoms with E-state index in [4.69, 9.17) is 26.8 Å². The molecule has 1 aromatic heterocycles. The Labute approximate surface area is 356 Å². The van der Waals surface area contributed by atoms with Crippen molar-refractivity contribution in [3.05, 3.63) is 69.1 Å². The van der Waals surface area contributed by atoms with E-state index in [0.717, 1.165) is 56.6 Å². The average Bonchev–Trinajstić information content (AvgIpc) is 3.86. The molecule has 7 rings (SSSR count). The predicted molar refractivity (Wildman–Crippen MR) is 219 cm³/mol. The Bertz CT molecular complexity index is 2090. The highest BCUT2D eigenvalue weighted by Gasteiger charge is 2.38. The second-order valence-electron chi connectivity index (χ2n) is 16.8. The zero-order valence-corrected chi connectivity index (χ0v) is 34.8. The Hall–Kier alpha value is -5.06. The van der Waals surface area contributed by atoms with Gasteiger partial charge in [-0.1, -0.05) is 41.9 Å². The number of alkyl halides is 3. The molecule has 3 aromatic rings. The second-order valence-corrected chi connectivity index (χ2v) is 17.2. The monoisotopic (exact) mass is 871 g/mol. The van der Waals surface area contributed by atoms with Crippen LogP contribution in [0.3, 0.4) is 0 Å². The van der Waals surface area contributed by atoms with E-state index < -0.39 is 35.5 Å². The van der Waals surface area contributed by atoms with Gasteiger partial charge in [0.05, 0.1) is 28.9 Å². The highest BCUT2D eigenvalue weighted by Crippen LogP contribution is 2.40. The number of amides is 3. The Morgan fingerprint density at radius 2 is 1.57 bits per heavy atom. The smallest absolute Gasteiger partial charge is 0.418 e. The lowest BCUT2D eigenvalue weighted by molar-refractivity contribution is -0.146. The van der Waals surface area contributed by atoms with Gasteiger partial charge in [0.25, 0.3) is 5.91 Å². The third-order valence-electron chi connectivity index (χ3n) is 12.9. The fourth-order valence-corrected chi connectivity index (χ4v) is 9.62. The van der Waals surface area contributed by atoms with Crippen molar-refractivity contribution in [3.63, 3.8) is 0 Å². The first-order valence-corrected chi connectivity index (χ1v) is 21.7. The molecule has 18 heteroatoms. The number of hydrogen-bond acceptors (Lipinski definition) is 9. The minimum Gasteiger partial charge on any atom is -0.464 e. The molecule has 3 saturated heterocycles. The summed E-state index contributed by atoms with van der Waals surface area (Å²) in [5.41, 5.74) is 4.34. The van der Waals surface area contributed by atoms with E-state index in [0.29, 0.717) is 69.5 Å². The largest absolute Gasteiger partial charge is 0.464 e. The van der Waals surface area contributed by atoms with E-state index in [1.807, 2.05) is 30.3 Å². The van der Waals surface area contributed by atoms with Crippen LogP contribution in [0.5, 0.6) is 0 Å². The fraction of sp³-hybridized carbons (Fsp3) is 0.581. The van der Waals surface area contributed by atoms with Crippen molar-refractivity contribution in [2.75, 3.05) is 51.6 Å². The number of nitrogens with zero attached hydrogens (tertiary/aromatic N) is 5. The fourth-order valence-electron chi connectivity index (χ4n) is 9.38. The first-order chi connectivity index (χ1) is 29.2. The van der Waals surface area contributed by atoms with Gasteiger partial charge in [0.15, 0.2) is 11.9 Å². The summed E-state index contributed by atoms with van der Waals surface area (Å²) in [5.74, 6) is 0.821. The number of nitrogens with one attached hydrogen (secondary N) is 1. The number of hydrogen-bond donors (Lipinski definition) is 2. The van der Waals surface area contributed by atoms with Crippen molar-refractivity contribution in [2.45, 2.75) is 95.4 Å². The Balaban J connectivity index is 0.939. The summed E-state index contributed by atoms with van der Waals surface area (Å²) in [6.45, 7) is 2.55. The number of aromatic amines is 1. The number of anilines is 1. The summed E-state index contributed by atoms with van der Waals surface area (Å²) < 4.78 is 54.5. The molecule has 4 heterocycles. The van der Waals surface area contributed by atoms with Crippen LogP contribution in [-0.4, -0.2) is 105 Å². The number of piperidine rings is 2. The number of esters is 1. The Kier molecular flexibility index (Phi) is 13.9. The first kappa shape index (κ1) is 44.0. The first-order valence-electron chi connectivity index (χ1n) is 21.3. The minimum absolute atomic E-state index is 0.0423. The Morgan fingerprint density at radius 1 is 0.902 bits per heavy atom. The molecule has 2 aromatic carbocycles. The summed E-state index contributed by atoms with van der Waals surface area (Å²) in [4.78, 5) is 72.6. The van der Waals surface area contributed by atoms with Crippen molar-refractivity contribution < 1.29 is 41.8 Å². The van der Waals surface area contributed by atoms with Crippen molar-refractivity contribution in [2.24, 2.45) is 17.8 Å². The maximum Gasteiger partial charge on any atom is 0.418 e. The van der Waals surface area contributed by atoms with Gasteiger partial charge in [-0.15, -0.1) is 5.10 Å². The molecule has 0 bridgehead atoms. The molecule has 61 heavy (non-hydrogen) atoms. The normalized spacial score (nSPS) is 21.1. The topological polar surface area (TPSA) is 173 Å². The molecule has 0 unspecified atom stereocenters. The highest BCUT2D eigenvalue weighted by atomic mass is 35.5. The number of benzene rings is 2. The summed E-state index contributed by atoms with van der Waals surface area (Å²) in [6, 6.07) is 11.0. The van der Waals surface area contributed by atoms with Gasteiger partial charge < -0.3 is 29.9 Å². The molecular formula is C43H53ClF3N7O7. The lowest BCUT2D eigenvalue weighted by atomic mass is 9.72. The molecule has 1 aliphatic carbocycles. The number of nitrogen functional groups attached to an aromatic ring is 1. The van der Waals surface area contributed by atoms with Crippen molar-refractivity contribution in [3.8, 4) is 11.4 Å².